The predicted octanol–water partition coefficient (Wildman–Crippen LogP) is 3.63. The summed E-state index contributed by atoms with van der Waals surface area (Å²) in [4.78, 5) is 25.2. The highest BCUT2D eigenvalue weighted by atomic mass is 32.2. The van der Waals surface area contributed by atoms with Gasteiger partial charge in [0.1, 0.15) is 6.04 Å². The van der Waals surface area contributed by atoms with E-state index in [2.05, 4.69) is 0 Å². The molecule has 2 aliphatic rings. The van der Waals surface area contributed by atoms with Gasteiger partial charge in [0.2, 0.25) is 6.79 Å². The first-order valence-electron chi connectivity index (χ1n) is 10.1. The fourth-order valence-corrected chi connectivity index (χ4v) is 5.78. The summed E-state index contributed by atoms with van der Waals surface area (Å²) in [6.07, 6.45) is 0. The zero-order valence-corrected chi connectivity index (χ0v) is 18.2. The molecule has 2 aliphatic heterocycles. The zero-order valence-electron chi connectivity index (χ0n) is 17.4. The van der Waals surface area contributed by atoms with E-state index in [1.54, 1.807) is 37.3 Å². The average Bonchev–Trinajstić information content (AvgIpc) is 3.26. The Kier molecular flexibility index (Phi) is 4.82. The van der Waals surface area contributed by atoms with E-state index in [1.165, 1.54) is 36.4 Å². The van der Waals surface area contributed by atoms with Gasteiger partial charge in [0, 0.05) is 10.5 Å². The highest BCUT2D eigenvalue weighted by Crippen LogP contribution is 2.47. The summed E-state index contributed by atoms with van der Waals surface area (Å²) in [6, 6.07) is 13.6. The van der Waals surface area contributed by atoms with Gasteiger partial charge in [-0.15, -0.1) is 0 Å². The summed E-state index contributed by atoms with van der Waals surface area (Å²) in [5.74, 6) is -0.0626. The van der Waals surface area contributed by atoms with Crippen molar-refractivity contribution in [3.63, 3.8) is 0 Å². The second-order valence-electron chi connectivity index (χ2n) is 7.79. The molecule has 3 aromatic carbocycles. The maximum Gasteiger partial charge on any atom is 0.269 e. The maximum atomic E-state index is 13.7. The van der Waals surface area contributed by atoms with Gasteiger partial charge in [0.15, 0.2) is 11.5 Å². The first-order valence-corrected chi connectivity index (χ1v) is 11.5. The number of aryl methyl sites for hydroxylation is 1. The molecule has 0 unspecified atom stereocenters. The molecule has 0 fully saturated rings. The fraction of sp³-hybridized carbons (Fsp3) is 0.174. The Balaban J connectivity index is 1.76. The summed E-state index contributed by atoms with van der Waals surface area (Å²) in [5, 5.41) is 12.3. The Labute approximate surface area is 189 Å². The SMILES string of the molecule is Cc1ccc(S(=O)(=O)N2C(=O)c3ccccc3[C@H]([N+](=O)[O-])[C@H]2c2ccc3c(c2)OCO3)cc1. The van der Waals surface area contributed by atoms with Crippen LogP contribution in [-0.2, 0) is 10.0 Å². The summed E-state index contributed by atoms with van der Waals surface area (Å²) in [5.41, 5.74) is 1.22. The number of hydrogen-bond donors (Lipinski definition) is 0. The second-order valence-corrected chi connectivity index (χ2v) is 9.61. The molecular formula is C23H18N2O7S. The van der Waals surface area contributed by atoms with Crippen molar-refractivity contribution in [1.82, 2.24) is 4.31 Å². The third kappa shape index (κ3) is 3.30. The molecule has 10 heteroatoms. The van der Waals surface area contributed by atoms with Crippen molar-refractivity contribution in [1.29, 1.82) is 0 Å². The van der Waals surface area contributed by atoms with Crippen molar-refractivity contribution in [2.45, 2.75) is 23.9 Å². The number of carbonyl (C=O) groups is 1. The van der Waals surface area contributed by atoms with Gasteiger partial charge in [-0.25, -0.2) is 12.7 Å². The van der Waals surface area contributed by atoms with Crippen LogP contribution in [0.1, 0.15) is 39.1 Å². The molecule has 0 aromatic heterocycles. The lowest BCUT2D eigenvalue weighted by atomic mass is 9.86. The van der Waals surface area contributed by atoms with E-state index in [9.17, 15) is 23.3 Å². The summed E-state index contributed by atoms with van der Waals surface area (Å²) >= 11 is 0. The van der Waals surface area contributed by atoms with Crippen LogP contribution < -0.4 is 9.47 Å². The third-order valence-electron chi connectivity index (χ3n) is 5.80. The van der Waals surface area contributed by atoms with Gasteiger partial charge in [-0.05, 0) is 42.8 Å². The quantitative estimate of drug-likeness (QED) is 0.426. The van der Waals surface area contributed by atoms with Crippen LogP contribution in [0.5, 0.6) is 11.5 Å². The van der Waals surface area contributed by atoms with Crippen molar-refractivity contribution in [2.24, 2.45) is 0 Å². The molecule has 5 rings (SSSR count). The van der Waals surface area contributed by atoms with Crippen LogP contribution in [0.15, 0.2) is 71.6 Å². The first-order chi connectivity index (χ1) is 15.8. The van der Waals surface area contributed by atoms with Crippen molar-refractivity contribution in [3.8, 4) is 11.5 Å². The number of hydrogen-bond acceptors (Lipinski definition) is 7. The van der Waals surface area contributed by atoms with Gasteiger partial charge in [-0.3, -0.25) is 14.9 Å². The number of benzene rings is 3. The van der Waals surface area contributed by atoms with Gasteiger partial charge in [-0.2, -0.15) is 0 Å². The number of sulfonamides is 1. The summed E-state index contributed by atoms with van der Waals surface area (Å²) < 4.78 is 38.8. The van der Waals surface area contributed by atoms with E-state index in [-0.39, 0.29) is 28.4 Å². The molecule has 0 N–H and O–H groups in total. The van der Waals surface area contributed by atoms with Crippen molar-refractivity contribution < 1.29 is 27.6 Å². The lowest BCUT2D eigenvalue weighted by molar-refractivity contribution is -0.537. The Morgan fingerprint density at radius 2 is 1.70 bits per heavy atom. The number of nitrogens with zero attached hydrogens (tertiary/aromatic N) is 2. The van der Waals surface area contributed by atoms with Gasteiger partial charge in [0.05, 0.1) is 10.5 Å². The van der Waals surface area contributed by atoms with Gasteiger partial charge in [0.25, 0.3) is 22.0 Å². The van der Waals surface area contributed by atoms with Crippen LogP contribution in [0.3, 0.4) is 0 Å². The van der Waals surface area contributed by atoms with Crippen LogP contribution in [0.2, 0.25) is 0 Å². The Hall–Kier alpha value is -3.92. The van der Waals surface area contributed by atoms with Crippen molar-refractivity contribution in [3.05, 3.63) is 99.1 Å². The van der Waals surface area contributed by atoms with Crippen molar-refractivity contribution >= 4 is 15.9 Å². The number of nitro groups is 1. The van der Waals surface area contributed by atoms with E-state index in [4.69, 9.17) is 9.47 Å². The van der Waals surface area contributed by atoms with Crippen LogP contribution in [0, 0.1) is 17.0 Å². The van der Waals surface area contributed by atoms with Crippen LogP contribution in [0.4, 0.5) is 0 Å². The minimum absolute atomic E-state index is 0.0186. The third-order valence-corrected chi connectivity index (χ3v) is 7.58. The molecule has 9 nitrogen and oxygen atoms in total. The van der Waals surface area contributed by atoms with E-state index < -0.39 is 32.9 Å². The Morgan fingerprint density at radius 3 is 2.42 bits per heavy atom. The molecule has 0 saturated carbocycles. The van der Waals surface area contributed by atoms with E-state index >= 15 is 0 Å². The number of ether oxygens (including phenoxy) is 2. The maximum absolute atomic E-state index is 13.7. The highest BCUT2D eigenvalue weighted by Gasteiger charge is 2.52. The largest absolute Gasteiger partial charge is 0.454 e. The molecule has 168 valence electrons. The second kappa shape index (κ2) is 7.59. The lowest BCUT2D eigenvalue weighted by Gasteiger charge is -2.37. The zero-order chi connectivity index (χ0) is 23.3. The standard InChI is InChI=1S/C23H18N2O7S/c1-14-6-9-16(10-7-14)33(29,30)24-21(15-8-11-19-20(12-15)32-13-31-19)22(25(27)28)17-4-2-3-5-18(17)23(24)26/h2-12,21-22H,13H2,1H3/t21-,22+/m1/s1. The van der Waals surface area contributed by atoms with E-state index in [0.717, 1.165) is 5.56 Å². The van der Waals surface area contributed by atoms with E-state index in [0.29, 0.717) is 15.8 Å². The van der Waals surface area contributed by atoms with E-state index in [1.807, 2.05) is 0 Å². The van der Waals surface area contributed by atoms with Gasteiger partial charge < -0.3 is 9.47 Å². The molecule has 0 aliphatic carbocycles. The molecule has 3 aromatic rings. The Bertz CT molecular complexity index is 1390. The minimum atomic E-state index is -4.44. The molecule has 0 spiro atoms. The number of carbonyl (C=O) groups excluding carboxylic acids is 1. The molecule has 0 radical (unpaired) electrons. The normalized spacial score (nSPS) is 19.3. The highest BCUT2D eigenvalue weighted by molar-refractivity contribution is 7.89. The summed E-state index contributed by atoms with van der Waals surface area (Å²) in [7, 11) is -4.44. The minimum Gasteiger partial charge on any atom is -0.454 e. The topological polar surface area (TPSA) is 116 Å². The first kappa shape index (κ1) is 21.0. The number of amides is 1. The number of fused-ring (bicyclic) bond motifs is 2. The summed E-state index contributed by atoms with van der Waals surface area (Å²) in [6.45, 7) is 1.78. The van der Waals surface area contributed by atoms with Gasteiger partial charge in [-0.1, -0.05) is 42.0 Å². The smallest absolute Gasteiger partial charge is 0.269 e. The monoisotopic (exact) mass is 466 g/mol. The van der Waals surface area contributed by atoms with Crippen LogP contribution in [-0.4, -0.2) is 30.3 Å². The molecule has 2 atom stereocenters. The fourth-order valence-electron chi connectivity index (χ4n) is 4.22. The van der Waals surface area contributed by atoms with Crippen LogP contribution >= 0.6 is 0 Å². The van der Waals surface area contributed by atoms with Gasteiger partial charge >= 0.3 is 0 Å². The average molecular weight is 466 g/mol. The molecular weight excluding hydrogens is 448 g/mol. The molecule has 1 amide bonds. The van der Waals surface area contributed by atoms with Crippen molar-refractivity contribution in [2.75, 3.05) is 6.79 Å². The molecule has 0 bridgehead atoms. The molecule has 0 saturated heterocycles. The predicted molar refractivity (Wildman–Crippen MR) is 116 cm³/mol. The van der Waals surface area contributed by atoms with Crippen LogP contribution in [0.25, 0.3) is 0 Å². The number of rotatable bonds is 4. The molecule has 33 heavy (non-hydrogen) atoms. The molecule has 2 heterocycles. The Morgan fingerprint density at radius 1 is 1.00 bits per heavy atom. The lowest BCUT2D eigenvalue weighted by Crippen LogP contribution is -2.47.